The summed E-state index contributed by atoms with van der Waals surface area (Å²) in [6, 6.07) is 11.2. The van der Waals surface area contributed by atoms with Crippen molar-refractivity contribution in [1.29, 1.82) is 0 Å². The van der Waals surface area contributed by atoms with Crippen molar-refractivity contribution in [3.8, 4) is 17.2 Å². The molecule has 0 radical (unpaired) electrons. The third-order valence-electron chi connectivity index (χ3n) is 3.58. The maximum Gasteiger partial charge on any atom is 0.252 e. The van der Waals surface area contributed by atoms with Crippen LogP contribution in [0.2, 0.25) is 0 Å². The van der Waals surface area contributed by atoms with Gasteiger partial charge in [0, 0.05) is 5.56 Å². The van der Waals surface area contributed by atoms with Crippen molar-refractivity contribution in [2.45, 2.75) is 12.8 Å². The average Bonchev–Trinajstić information content (AvgIpc) is 2.59. The van der Waals surface area contributed by atoms with Crippen molar-refractivity contribution in [2.75, 3.05) is 21.3 Å². The summed E-state index contributed by atoms with van der Waals surface area (Å²) in [5.41, 5.74) is 2.61. The molecule has 0 aromatic heterocycles. The molecule has 2 rings (SSSR count). The van der Waals surface area contributed by atoms with Gasteiger partial charge in [0.25, 0.3) is 5.24 Å². The number of ether oxygens (including phenoxy) is 3. The Hall–Kier alpha value is -2.20. The molecule has 0 atom stereocenters. The summed E-state index contributed by atoms with van der Waals surface area (Å²) in [4.78, 5) is 11.2. The van der Waals surface area contributed by atoms with Gasteiger partial charge in [-0.1, -0.05) is 18.2 Å². The van der Waals surface area contributed by atoms with Crippen LogP contribution in [0.5, 0.6) is 17.2 Å². The highest BCUT2D eigenvalue weighted by molar-refractivity contribution is 6.67. The second kappa shape index (κ2) is 7.88. The summed E-state index contributed by atoms with van der Waals surface area (Å²) in [6.45, 7) is 0. The number of methoxy groups -OCH3 is 3. The fourth-order valence-corrected chi connectivity index (χ4v) is 2.54. The van der Waals surface area contributed by atoms with Gasteiger partial charge in [-0.2, -0.15) is 0 Å². The van der Waals surface area contributed by atoms with E-state index < -0.39 is 5.24 Å². The Bertz CT molecular complexity index is 672. The van der Waals surface area contributed by atoms with Crippen LogP contribution in [0.1, 0.15) is 21.5 Å². The normalized spacial score (nSPS) is 10.3. The molecular formula is C18H19ClO4. The van der Waals surface area contributed by atoms with Gasteiger partial charge in [-0.3, -0.25) is 4.79 Å². The van der Waals surface area contributed by atoms with Crippen LogP contribution in [0.4, 0.5) is 0 Å². The lowest BCUT2D eigenvalue weighted by Crippen LogP contribution is -1.99. The predicted molar refractivity (Wildman–Crippen MR) is 90.1 cm³/mol. The van der Waals surface area contributed by atoms with E-state index in [0.29, 0.717) is 22.8 Å². The fraction of sp³-hybridized carbons (Fsp3) is 0.278. The van der Waals surface area contributed by atoms with E-state index in [2.05, 4.69) is 0 Å². The number of rotatable bonds is 7. The lowest BCUT2D eigenvalue weighted by molar-refractivity contribution is 0.108. The highest BCUT2D eigenvalue weighted by Crippen LogP contribution is 2.38. The standard InChI is InChI=1S/C18H19ClO4/c1-21-15-10-13(11-16(22-2)17(15)23-3)8-7-12-5-4-6-14(9-12)18(19)20/h4-6,9-11H,7-8H2,1-3H3. The number of hydrogen-bond acceptors (Lipinski definition) is 4. The molecule has 2 aromatic carbocycles. The minimum atomic E-state index is -0.445. The predicted octanol–water partition coefficient (Wildman–Crippen LogP) is 3.88. The van der Waals surface area contributed by atoms with E-state index in [1.165, 1.54) is 0 Å². The summed E-state index contributed by atoms with van der Waals surface area (Å²) >= 11 is 5.52. The molecule has 0 spiro atoms. The van der Waals surface area contributed by atoms with Crippen molar-refractivity contribution in [3.63, 3.8) is 0 Å². The van der Waals surface area contributed by atoms with E-state index >= 15 is 0 Å². The van der Waals surface area contributed by atoms with Gasteiger partial charge >= 0.3 is 0 Å². The summed E-state index contributed by atoms with van der Waals surface area (Å²) < 4.78 is 16.0. The largest absolute Gasteiger partial charge is 0.493 e. The van der Waals surface area contributed by atoms with Crippen LogP contribution in [0.15, 0.2) is 36.4 Å². The number of aryl methyl sites for hydroxylation is 2. The van der Waals surface area contributed by atoms with Crippen LogP contribution in [0.3, 0.4) is 0 Å². The second-order valence-electron chi connectivity index (χ2n) is 5.01. The molecular weight excluding hydrogens is 316 g/mol. The molecule has 122 valence electrons. The Morgan fingerprint density at radius 2 is 1.52 bits per heavy atom. The van der Waals surface area contributed by atoms with Crippen LogP contribution in [-0.4, -0.2) is 26.6 Å². The van der Waals surface area contributed by atoms with Crippen molar-refractivity contribution in [1.82, 2.24) is 0 Å². The van der Waals surface area contributed by atoms with Crippen molar-refractivity contribution in [2.24, 2.45) is 0 Å². The van der Waals surface area contributed by atoms with Crippen LogP contribution >= 0.6 is 11.6 Å². The van der Waals surface area contributed by atoms with Gasteiger partial charge in [0.15, 0.2) is 11.5 Å². The van der Waals surface area contributed by atoms with Crippen LogP contribution in [0, 0.1) is 0 Å². The molecule has 0 amide bonds. The maximum absolute atomic E-state index is 11.2. The molecule has 0 aliphatic rings. The Kier molecular flexibility index (Phi) is 5.88. The van der Waals surface area contributed by atoms with Crippen molar-refractivity contribution in [3.05, 3.63) is 53.1 Å². The van der Waals surface area contributed by atoms with Gasteiger partial charge in [-0.05, 0) is 53.8 Å². The maximum atomic E-state index is 11.2. The van der Waals surface area contributed by atoms with Crippen LogP contribution in [0.25, 0.3) is 0 Å². The lowest BCUT2D eigenvalue weighted by atomic mass is 10.0. The van der Waals surface area contributed by atoms with Gasteiger partial charge < -0.3 is 14.2 Å². The quantitative estimate of drug-likeness (QED) is 0.721. The zero-order valence-corrected chi connectivity index (χ0v) is 14.1. The highest BCUT2D eigenvalue weighted by atomic mass is 35.5. The van der Waals surface area contributed by atoms with Crippen molar-refractivity contribution >= 4 is 16.8 Å². The van der Waals surface area contributed by atoms with E-state index in [1.807, 2.05) is 30.3 Å². The zero-order chi connectivity index (χ0) is 16.8. The first-order valence-corrected chi connectivity index (χ1v) is 7.54. The number of carbonyl (C=O) groups excluding carboxylic acids is 1. The molecule has 5 heteroatoms. The summed E-state index contributed by atoms with van der Waals surface area (Å²) in [5, 5.41) is -0.445. The Morgan fingerprint density at radius 1 is 0.913 bits per heavy atom. The van der Waals surface area contributed by atoms with E-state index in [9.17, 15) is 4.79 Å². The zero-order valence-electron chi connectivity index (χ0n) is 13.4. The number of halogens is 1. The fourth-order valence-electron chi connectivity index (χ4n) is 2.42. The third-order valence-corrected chi connectivity index (χ3v) is 3.80. The molecule has 0 N–H and O–H groups in total. The van der Waals surface area contributed by atoms with E-state index in [0.717, 1.165) is 24.0 Å². The Balaban J connectivity index is 2.20. The van der Waals surface area contributed by atoms with Gasteiger partial charge in [0.1, 0.15) is 0 Å². The van der Waals surface area contributed by atoms with E-state index in [-0.39, 0.29) is 0 Å². The summed E-state index contributed by atoms with van der Waals surface area (Å²) in [7, 11) is 4.77. The SMILES string of the molecule is COc1cc(CCc2cccc(C(=O)Cl)c2)cc(OC)c1OC. The van der Waals surface area contributed by atoms with E-state index in [4.69, 9.17) is 25.8 Å². The molecule has 0 bridgehead atoms. The molecule has 0 heterocycles. The molecule has 0 fully saturated rings. The van der Waals surface area contributed by atoms with Crippen molar-refractivity contribution < 1.29 is 19.0 Å². The molecule has 0 saturated carbocycles. The number of carbonyl (C=O) groups is 1. The smallest absolute Gasteiger partial charge is 0.252 e. The molecule has 0 saturated heterocycles. The number of hydrogen-bond donors (Lipinski definition) is 0. The lowest BCUT2D eigenvalue weighted by Gasteiger charge is -2.14. The first kappa shape index (κ1) is 17.2. The van der Waals surface area contributed by atoms with Crippen LogP contribution < -0.4 is 14.2 Å². The van der Waals surface area contributed by atoms with E-state index in [1.54, 1.807) is 27.4 Å². The molecule has 0 unspecified atom stereocenters. The third kappa shape index (κ3) is 4.17. The number of benzene rings is 2. The molecule has 23 heavy (non-hydrogen) atoms. The minimum absolute atomic E-state index is 0.445. The minimum Gasteiger partial charge on any atom is -0.493 e. The second-order valence-corrected chi connectivity index (χ2v) is 5.35. The highest BCUT2D eigenvalue weighted by Gasteiger charge is 2.13. The molecule has 4 nitrogen and oxygen atoms in total. The first-order chi connectivity index (χ1) is 11.1. The first-order valence-electron chi connectivity index (χ1n) is 7.16. The Morgan fingerprint density at radius 3 is 2.04 bits per heavy atom. The topological polar surface area (TPSA) is 44.8 Å². The van der Waals surface area contributed by atoms with Gasteiger partial charge in [0.05, 0.1) is 21.3 Å². The van der Waals surface area contributed by atoms with Gasteiger partial charge in [-0.15, -0.1) is 0 Å². The Labute approximate surface area is 140 Å². The average molecular weight is 335 g/mol. The molecule has 0 aliphatic carbocycles. The molecule has 2 aromatic rings. The summed E-state index contributed by atoms with van der Waals surface area (Å²) in [5.74, 6) is 1.84. The van der Waals surface area contributed by atoms with Gasteiger partial charge in [-0.25, -0.2) is 0 Å². The van der Waals surface area contributed by atoms with Gasteiger partial charge in [0.2, 0.25) is 5.75 Å². The summed E-state index contributed by atoms with van der Waals surface area (Å²) in [6.07, 6.45) is 1.55. The molecule has 0 aliphatic heterocycles. The monoisotopic (exact) mass is 334 g/mol. The van der Waals surface area contributed by atoms with Crippen LogP contribution in [-0.2, 0) is 12.8 Å².